The summed E-state index contributed by atoms with van der Waals surface area (Å²) < 4.78 is 43.9. The molecule has 3 nitrogen and oxygen atoms in total. The third-order valence-corrected chi connectivity index (χ3v) is 1.14. The van der Waals surface area contributed by atoms with Crippen molar-refractivity contribution in [2.24, 2.45) is 0 Å². The van der Waals surface area contributed by atoms with Gasteiger partial charge in [0.2, 0.25) is 0 Å². The summed E-state index contributed by atoms with van der Waals surface area (Å²) in [4.78, 5) is 10.3. The number of hydrogen-bond donors (Lipinski definition) is 0. The molecule has 1 rings (SSSR count). The minimum absolute atomic E-state index is 0.0815. The number of carbonyl (C=O) groups excluding carboxylic acids is 1. The van der Waals surface area contributed by atoms with Crippen LogP contribution in [0.4, 0.5) is 13.2 Å². The van der Waals surface area contributed by atoms with Gasteiger partial charge in [-0.15, -0.1) is 0 Å². The monoisotopic (exact) mass is 182 g/mol. The van der Waals surface area contributed by atoms with Crippen LogP contribution in [0.5, 0.6) is 0 Å². The lowest BCUT2D eigenvalue weighted by Gasteiger charge is -2.00. The van der Waals surface area contributed by atoms with Crippen molar-refractivity contribution in [1.82, 2.24) is 0 Å². The van der Waals surface area contributed by atoms with E-state index in [0.717, 1.165) is 0 Å². The molecule has 1 heterocycles. The van der Waals surface area contributed by atoms with E-state index in [2.05, 4.69) is 9.47 Å². The molecule has 68 valence electrons. The van der Waals surface area contributed by atoms with Crippen LogP contribution in [-0.4, -0.2) is 25.4 Å². The maximum atomic E-state index is 11.6. The van der Waals surface area contributed by atoms with Gasteiger partial charge in [0, 0.05) is 6.08 Å². The maximum absolute atomic E-state index is 11.6. The van der Waals surface area contributed by atoms with Gasteiger partial charge in [0.1, 0.15) is 12.4 Å². The minimum Gasteiger partial charge on any atom is -0.469 e. The van der Waals surface area contributed by atoms with Crippen molar-refractivity contribution in [2.75, 3.05) is 13.4 Å². The molecule has 0 aliphatic carbocycles. The fourth-order valence-corrected chi connectivity index (χ4v) is 0.613. The normalized spacial score (nSPS) is 21.1. The van der Waals surface area contributed by atoms with Crippen LogP contribution in [-0.2, 0) is 14.3 Å². The molecule has 0 unspecified atom stereocenters. The van der Waals surface area contributed by atoms with Crippen LogP contribution < -0.4 is 0 Å². The third-order valence-electron chi connectivity index (χ3n) is 1.14. The highest BCUT2D eigenvalue weighted by atomic mass is 19.4. The van der Waals surface area contributed by atoms with Crippen molar-refractivity contribution in [1.29, 1.82) is 0 Å². The quantitative estimate of drug-likeness (QED) is 0.567. The lowest BCUT2D eigenvalue weighted by Crippen LogP contribution is -2.20. The fraction of sp³-hybridized carbons (Fsp3) is 0.500. The second kappa shape index (κ2) is 3.14. The number of ketones is 1. The van der Waals surface area contributed by atoms with Gasteiger partial charge >= 0.3 is 6.18 Å². The Morgan fingerprint density at radius 2 is 2.17 bits per heavy atom. The predicted octanol–water partition coefficient (Wildman–Crippen LogP) is 1.01. The van der Waals surface area contributed by atoms with Gasteiger partial charge in [0.15, 0.2) is 6.79 Å². The molecule has 0 radical (unpaired) electrons. The maximum Gasteiger partial charge on any atom is 0.454 e. The van der Waals surface area contributed by atoms with E-state index in [9.17, 15) is 18.0 Å². The van der Waals surface area contributed by atoms with Crippen LogP contribution in [0, 0.1) is 0 Å². The number of allylic oxidation sites excluding steroid dienone is 1. The summed E-state index contributed by atoms with van der Waals surface area (Å²) in [6.45, 7) is -0.182. The summed E-state index contributed by atoms with van der Waals surface area (Å²) in [6.07, 6.45) is -4.44. The molecule has 1 aliphatic heterocycles. The molecule has 1 saturated heterocycles. The summed E-state index contributed by atoms with van der Waals surface area (Å²) in [6, 6.07) is 0. The van der Waals surface area contributed by atoms with E-state index >= 15 is 0 Å². The number of alkyl halides is 3. The number of hydrogen-bond acceptors (Lipinski definition) is 3. The molecule has 0 amide bonds. The second-order valence-corrected chi connectivity index (χ2v) is 2.08. The Morgan fingerprint density at radius 3 is 2.58 bits per heavy atom. The SMILES string of the molecule is O=C(C=C1COCO1)C(F)(F)F. The van der Waals surface area contributed by atoms with E-state index in [1.807, 2.05) is 0 Å². The fourth-order valence-electron chi connectivity index (χ4n) is 0.613. The lowest BCUT2D eigenvalue weighted by atomic mass is 10.3. The molecule has 0 aromatic carbocycles. The van der Waals surface area contributed by atoms with Crippen molar-refractivity contribution < 1.29 is 27.4 Å². The van der Waals surface area contributed by atoms with E-state index < -0.39 is 12.0 Å². The van der Waals surface area contributed by atoms with Crippen LogP contribution in [0.25, 0.3) is 0 Å². The van der Waals surface area contributed by atoms with E-state index in [1.165, 1.54) is 0 Å². The first-order valence-corrected chi connectivity index (χ1v) is 3.02. The van der Waals surface area contributed by atoms with E-state index in [0.29, 0.717) is 6.08 Å². The molecule has 1 fully saturated rings. The zero-order valence-corrected chi connectivity index (χ0v) is 5.85. The highest BCUT2D eigenvalue weighted by Gasteiger charge is 2.37. The smallest absolute Gasteiger partial charge is 0.454 e. The van der Waals surface area contributed by atoms with E-state index in [-0.39, 0.29) is 19.2 Å². The van der Waals surface area contributed by atoms with Crippen molar-refractivity contribution in [3.63, 3.8) is 0 Å². The minimum atomic E-state index is -4.83. The van der Waals surface area contributed by atoms with Crippen LogP contribution >= 0.6 is 0 Å². The first-order chi connectivity index (χ1) is 5.50. The molecule has 12 heavy (non-hydrogen) atoms. The van der Waals surface area contributed by atoms with Crippen LogP contribution in [0.15, 0.2) is 11.8 Å². The number of carbonyl (C=O) groups is 1. The van der Waals surface area contributed by atoms with Crippen LogP contribution in [0.3, 0.4) is 0 Å². The Balaban J connectivity index is 2.60. The molecule has 0 aromatic heterocycles. The van der Waals surface area contributed by atoms with Crippen molar-refractivity contribution in [3.05, 3.63) is 11.8 Å². The molecule has 0 atom stereocenters. The van der Waals surface area contributed by atoms with Gasteiger partial charge in [-0.1, -0.05) is 0 Å². The Morgan fingerprint density at radius 1 is 1.50 bits per heavy atom. The number of ether oxygens (including phenoxy) is 2. The zero-order chi connectivity index (χ0) is 9.19. The molecule has 6 heteroatoms. The first kappa shape index (κ1) is 9.05. The Hall–Kier alpha value is -1.04. The van der Waals surface area contributed by atoms with Gasteiger partial charge in [-0.2, -0.15) is 13.2 Å². The molecule has 0 N–H and O–H groups in total. The summed E-state index contributed by atoms with van der Waals surface area (Å²) in [5, 5.41) is 0. The third kappa shape index (κ3) is 2.23. The first-order valence-electron chi connectivity index (χ1n) is 3.02. The van der Waals surface area contributed by atoms with E-state index in [1.54, 1.807) is 0 Å². The summed E-state index contributed by atoms with van der Waals surface area (Å²) in [7, 11) is 0. The Labute approximate surface area is 65.8 Å². The predicted molar refractivity (Wildman–Crippen MR) is 31.0 cm³/mol. The lowest BCUT2D eigenvalue weighted by molar-refractivity contribution is -0.165. The topological polar surface area (TPSA) is 35.5 Å². The molecular weight excluding hydrogens is 177 g/mol. The molecule has 0 spiro atoms. The van der Waals surface area contributed by atoms with Crippen molar-refractivity contribution in [3.8, 4) is 0 Å². The second-order valence-electron chi connectivity index (χ2n) is 2.08. The average molecular weight is 182 g/mol. The summed E-state index contributed by atoms with van der Waals surface area (Å²) >= 11 is 0. The highest BCUT2D eigenvalue weighted by molar-refractivity contribution is 5.94. The molecule has 0 bridgehead atoms. The number of rotatable bonds is 1. The van der Waals surface area contributed by atoms with Crippen LogP contribution in [0.2, 0.25) is 0 Å². The summed E-state index contributed by atoms with van der Waals surface area (Å²) in [5.74, 6) is -2.01. The van der Waals surface area contributed by atoms with E-state index in [4.69, 9.17) is 0 Å². The van der Waals surface area contributed by atoms with Gasteiger partial charge in [-0.05, 0) is 0 Å². The molecule has 0 aromatic rings. The average Bonchev–Trinajstić information content (AvgIpc) is 2.37. The standard InChI is InChI=1S/C6H5F3O3/c7-6(8,9)5(10)1-4-2-11-3-12-4/h1H,2-3H2. The Kier molecular flexibility index (Phi) is 2.37. The Bertz CT molecular complexity index is 211. The molecular formula is C6H5F3O3. The van der Waals surface area contributed by atoms with Crippen LogP contribution in [0.1, 0.15) is 0 Å². The largest absolute Gasteiger partial charge is 0.469 e. The summed E-state index contributed by atoms with van der Waals surface area (Å²) in [5.41, 5.74) is 0. The van der Waals surface area contributed by atoms with Gasteiger partial charge in [0.05, 0.1) is 0 Å². The van der Waals surface area contributed by atoms with Gasteiger partial charge in [0.25, 0.3) is 5.78 Å². The van der Waals surface area contributed by atoms with Crippen molar-refractivity contribution >= 4 is 5.78 Å². The highest BCUT2D eigenvalue weighted by Crippen LogP contribution is 2.18. The zero-order valence-electron chi connectivity index (χ0n) is 5.85. The van der Waals surface area contributed by atoms with Gasteiger partial charge in [-0.25, -0.2) is 0 Å². The number of halogens is 3. The molecule has 0 saturated carbocycles. The van der Waals surface area contributed by atoms with Crippen molar-refractivity contribution in [2.45, 2.75) is 6.18 Å². The molecule has 1 aliphatic rings. The van der Waals surface area contributed by atoms with Gasteiger partial charge < -0.3 is 9.47 Å². The van der Waals surface area contributed by atoms with Gasteiger partial charge in [-0.3, -0.25) is 4.79 Å².